The number of thiocarbonyl (C=S) groups is 1. The van der Waals surface area contributed by atoms with Crippen molar-refractivity contribution in [2.24, 2.45) is 0 Å². The number of aromatic carboxylic acids is 1. The van der Waals surface area contributed by atoms with E-state index in [0.29, 0.717) is 0 Å². The minimum atomic E-state index is -1.21. The molecule has 0 aliphatic heterocycles. The monoisotopic (exact) mass is 320 g/mol. The van der Waals surface area contributed by atoms with Crippen molar-refractivity contribution in [1.82, 2.24) is 5.32 Å². The number of benzene rings is 1. The lowest BCUT2D eigenvalue weighted by atomic mass is 10.2. The molecule has 0 bridgehead atoms. The number of carbonyl (C=O) groups excluding carboxylic acids is 1. The molecule has 0 aliphatic carbocycles. The molecule has 0 heterocycles. The Labute approximate surface area is 124 Å². The van der Waals surface area contributed by atoms with Crippen molar-refractivity contribution < 1.29 is 14.7 Å². The second-order valence-corrected chi connectivity index (χ2v) is 4.72. The van der Waals surface area contributed by atoms with Gasteiger partial charge in [-0.15, -0.1) is 0 Å². The summed E-state index contributed by atoms with van der Waals surface area (Å²) in [7, 11) is 0. The maximum absolute atomic E-state index is 11.2. The van der Waals surface area contributed by atoms with Gasteiger partial charge in [0.1, 0.15) is 0 Å². The lowest BCUT2D eigenvalue weighted by Gasteiger charge is -2.13. The lowest BCUT2D eigenvalue weighted by Crippen LogP contribution is -2.34. The quantitative estimate of drug-likeness (QED) is 0.746. The van der Waals surface area contributed by atoms with E-state index in [0.717, 1.165) is 0 Å². The van der Waals surface area contributed by atoms with E-state index in [4.69, 9.17) is 40.5 Å². The van der Waals surface area contributed by atoms with Gasteiger partial charge in [-0.25, -0.2) is 4.79 Å². The van der Waals surface area contributed by atoms with Gasteiger partial charge in [-0.05, 0) is 24.4 Å². The Bertz CT molecular complexity index is 549. The highest BCUT2D eigenvalue weighted by atomic mass is 35.5. The fraction of sp³-hybridized carbons (Fsp3) is 0.182. The van der Waals surface area contributed by atoms with Crippen molar-refractivity contribution in [3.05, 3.63) is 27.7 Å². The topological polar surface area (TPSA) is 78.4 Å². The molecule has 0 spiro atoms. The van der Waals surface area contributed by atoms with Crippen LogP contribution in [-0.4, -0.2) is 22.1 Å². The van der Waals surface area contributed by atoms with Crippen molar-refractivity contribution in [1.29, 1.82) is 0 Å². The average Bonchev–Trinajstić information content (AvgIpc) is 2.31. The third-order valence-electron chi connectivity index (χ3n) is 2.10. The van der Waals surface area contributed by atoms with Crippen LogP contribution in [-0.2, 0) is 4.79 Å². The molecule has 1 amide bonds. The van der Waals surface area contributed by atoms with Gasteiger partial charge in [-0.3, -0.25) is 4.79 Å². The number of carboxylic acids is 1. The van der Waals surface area contributed by atoms with Crippen molar-refractivity contribution in [3.8, 4) is 0 Å². The summed E-state index contributed by atoms with van der Waals surface area (Å²) >= 11 is 16.5. The molecule has 5 nitrogen and oxygen atoms in total. The molecule has 3 N–H and O–H groups in total. The molecule has 19 heavy (non-hydrogen) atoms. The summed E-state index contributed by atoms with van der Waals surface area (Å²) in [6.45, 7) is 1.66. The number of hydrogen-bond acceptors (Lipinski definition) is 3. The number of halogens is 2. The zero-order chi connectivity index (χ0) is 14.6. The zero-order valence-electron chi connectivity index (χ0n) is 9.79. The third kappa shape index (κ3) is 4.34. The van der Waals surface area contributed by atoms with Gasteiger partial charge in [0.2, 0.25) is 5.91 Å². The molecule has 0 atom stereocenters. The Balaban J connectivity index is 3.03. The first kappa shape index (κ1) is 15.7. The van der Waals surface area contributed by atoms with Crippen LogP contribution in [0.1, 0.15) is 23.7 Å². The van der Waals surface area contributed by atoms with Crippen LogP contribution in [0.15, 0.2) is 12.1 Å². The molecule has 1 aromatic rings. The second-order valence-electron chi connectivity index (χ2n) is 3.47. The number of carboxylic acid groups (broad SMARTS) is 1. The minimum Gasteiger partial charge on any atom is -0.478 e. The standard InChI is InChI=1S/C11H10Cl2N2O3S/c1-2-8(16)14-11(19)15-9-6(10(17)18)3-5(12)4-7(9)13/h3-4H,2H2,1H3,(H,17,18)(H2,14,15,16,19). The normalized spacial score (nSPS) is 9.84. The lowest BCUT2D eigenvalue weighted by molar-refractivity contribution is -0.119. The van der Waals surface area contributed by atoms with E-state index in [9.17, 15) is 9.59 Å². The molecular weight excluding hydrogens is 311 g/mol. The third-order valence-corrected chi connectivity index (χ3v) is 2.82. The summed E-state index contributed by atoms with van der Waals surface area (Å²) in [5, 5.41) is 14.3. The largest absolute Gasteiger partial charge is 0.478 e. The van der Waals surface area contributed by atoms with Crippen LogP contribution < -0.4 is 10.6 Å². The number of hydrogen-bond donors (Lipinski definition) is 3. The van der Waals surface area contributed by atoms with E-state index < -0.39 is 5.97 Å². The van der Waals surface area contributed by atoms with Gasteiger partial charge in [0.05, 0.1) is 16.3 Å². The highest BCUT2D eigenvalue weighted by molar-refractivity contribution is 7.80. The predicted molar refractivity (Wildman–Crippen MR) is 78.1 cm³/mol. The van der Waals surface area contributed by atoms with Gasteiger partial charge < -0.3 is 15.7 Å². The Kier molecular flexibility index (Phi) is 5.53. The van der Waals surface area contributed by atoms with Crippen LogP contribution in [0, 0.1) is 0 Å². The van der Waals surface area contributed by atoms with E-state index in [1.165, 1.54) is 12.1 Å². The maximum Gasteiger partial charge on any atom is 0.337 e. The molecule has 0 aliphatic rings. The molecule has 0 fully saturated rings. The van der Waals surface area contributed by atoms with Crippen LogP contribution in [0.4, 0.5) is 5.69 Å². The second kappa shape index (κ2) is 6.70. The number of amides is 1. The first-order valence-electron chi connectivity index (χ1n) is 5.18. The molecule has 8 heteroatoms. The number of nitrogens with one attached hydrogen (secondary N) is 2. The summed E-state index contributed by atoms with van der Waals surface area (Å²) in [5.41, 5.74) is -0.0504. The summed E-state index contributed by atoms with van der Waals surface area (Å²) in [6, 6.07) is 2.62. The van der Waals surface area contributed by atoms with Crippen LogP contribution in [0.5, 0.6) is 0 Å². The average molecular weight is 321 g/mol. The van der Waals surface area contributed by atoms with Crippen molar-refractivity contribution >= 4 is 58.1 Å². The Hall–Kier alpha value is -1.37. The molecule has 0 saturated carbocycles. The van der Waals surface area contributed by atoms with E-state index in [-0.39, 0.29) is 38.7 Å². The van der Waals surface area contributed by atoms with Crippen LogP contribution in [0.25, 0.3) is 0 Å². The fourth-order valence-electron chi connectivity index (χ4n) is 1.23. The Morgan fingerprint density at radius 2 is 2.00 bits per heavy atom. The molecule has 0 unspecified atom stereocenters. The fourth-order valence-corrected chi connectivity index (χ4v) is 1.99. The minimum absolute atomic E-state index is 0.0291. The van der Waals surface area contributed by atoms with Crippen LogP contribution in [0.3, 0.4) is 0 Å². The zero-order valence-corrected chi connectivity index (χ0v) is 12.1. The van der Waals surface area contributed by atoms with Gasteiger partial charge in [-0.1, -0.05) is 30.1 Å². The molecule has 0 aromatic heterocycles. The molecule has 0 saturated heterocycles. The first-order valence-corrected chi connectivity index (χ1v) is 6.34. The number of carbonyl (C=O) groups is 2. The van der Waals surface area contributed by atoms with E-state index in [1.54, 1.807) is 6.92 Å². The van der Waals surface area contributed by atoms with E-state index in [1.807, 2.05) is 0 Å². The molecule has 1 aromatic carbocycles. The predicted octanol–water partition coefficient (Wildman–Crippen LogP) is 2.91. The molecule has 1 rings (SSSR count). The molecule has 102 valence electrons. The highest BCUT2D eigenvalue weighted by Crippen LogP contribution is 2.30. The van der Waals surface area contributed by atoms with Gasteiger partial charge in [0.15, 0.2) is 5.11 Å². The highest BCUT2D eigenvalue weighted by Gasteiger charge is 2.16. The summed E-state index contributed by atoms with van der Waals surface area (Å²) in [5.74, 6) is -1.50. The van der Waals surface area contributed by atoms with Crippen LogP contribution >= 0.6 is 35.4 Å². The number of rotatable bonds is 3. The van der Waals surface area contributed by atoms with E-state index >= 15 is 0 Å². The van der Waals surface area contributed by atoms with E-state index in [2.05, 4.69) is 10.6 Å². The molecule has 0 radical (unpaired) electrons. The summed E-state index contributed by atoms with van der Waals surface area (Å²) < 4.78 is 0. The van der Waals surface area contributed by atoms with Gasteiger partial charge in [-0.2, -0.15) is 0 Å². The SMILES string of the molecule is CCC(=O)NC(=S)Nc1c(Cl)cc(Cl)cc1C(=O)O. The number of anilines is 1. The summed E-state index contributed by atoms with van der Waals surface area (Å²) in [4.78, 5) is 22.3. The van der Waals surface area contributed by atoms with Crippen molar-refractivity contribution in [2.75, 3.05) is 5.32 Å². The smallest absolute Gasteiger partial charge is 0.337 e. The Morgan fingerprint density at radius 3 is 2.53 bits per heavy atom. The van der Waals surface area contributed by atoms with Gasteiger partial charge in [0, 0.05) is 11.4 Å². The van der Waals surface area contributed by atoms with Crippen LogP contribution in [0.2, 0.25) is 10.0 Å². The first-order chi connectivity index (χ1) is 8.85. The van der Waals surface area contributed by atoms with Gasteiger partial charge >= 0.3 is 5.97 Å². The Morgan fingerprint density at radius 1 is 1.37 bits per heavy atom. The maximum atomic E-state index is 11.2. The molecular formula is C11H10Cl2N2O3S. The van der Waals surface area contributed by atoms with Gasteiger partial charge in [0.25, 0.3) is 0 Å². The van der Waals surface area contributed by atoms with Crippen molar-refractivity contribution in [2.45, 2.75) is 13.3 Å². The summed E-state index contributed by atoms with van der Waals surface area (Å²) in [6.07, 6.45) is 0.252. The van der Waals surface area contributed by atoms with Crippen molar-refractivity contribution in [3.63, 3.8) is 0 Å².